The maximum atomic E-state index is 12.5. The first kappa shape index (κ1) is 18.4. The van der Waals surface area contributed by atoms with Gasteiger partial charge in [0.2, 0.25) is 11.3 Å². The second-order valence-corrected chi connectivity index (χ2v) is 6.59. The monoisotopic (exact) mass is 370 g/mol. The summed E-state index contributed by atoms with van der Waals surface area (Å²) in [4.78, 5) is 27.8. The van der Waals surface area contributed by atoms with E-state index in [9.17, 15) is 14.8 Å². The van der Waals surface area contributed by atoms with Gasteiger partial charge in [-0.05, 0) is 12.0 Å². The fourth-order valence-corrected chi connectivity index (χ4v) is 2.52. The molecule has 0 aliphatic carbocycles. The number of carbonyl (C=O) groups excluding carboxylic acids is 2. The molecule has 0 bridgehead atoms. The van der Waals surface area contributed by atoms with E-state index in [1.165, 1.54) is 19.1 Å². The maximum Gasteiger partial charge on any atom is 0.306 e. The van der Waals surface area contributed by atoms with Gasteiger partial charge in [0.05, 0.1) is 10.0 Å². The lowest BCUT2D eigenvalue weighted by Gasteiger charge is -2.11. The third-order valence-corrected chi connectivity index (χ3v) is 3.97. The molecule has 24 heavy (non-hydrogen) atoms. The predicted octanol–water partition coefficient (Wildman–Crippen LogP) is 3.47. The summed E-state index contributed by atoms with van der Waals surface area (Å²) >= 11 is 11.9. The quantitative estimate of drug-likeness (QED) is 0.348. The second-order valence-electron chi connectivity index (χ2n) is 5.77. The molecule has 1 aromatic heterocycles. The van der Waals surface area contributed by atoms with Crippen molar-refractivity contribution in [2.45, 2.75) is 33.8 Å². The van der Waals surface area contributed by atoms with Crippen molar-refractivity contribution < 1.29 is 19.1 Å². The molecule has 0 aliphatic rings. The average molecular weight is 371 g/mol. The number of hydrogen-bond acceptors (Lipinski definition) is 5. The van der Waals surface area contributed by atoms with E-state index in [1.54, 1.807) is 0 Å². The van der Waals surface area contributed by atoms with Crippen LogP contribution in [0.25, 0.3) is 11.0 Å². The van der Waals surface area contributed by atoms with E-state index in [2.05, 4.69) is 4.98 Å². The molecule has 0 amide bonds. The lowest BCUT2D eigenvalue weighted by Crippen LogP contribution is -2.37. The van der Waals surface area contributed by atoms with Crippen molar-refractivity contribution in [3.8, 4) is 0 Å². The summed E-state index contributed by atoms with van der Waals surface area (Å²) in [5.74, 6) is -0.770. The minimum absolute atomic E-state index is 0.0838. The zero-order valence-corrected chi connectivity index (χ0v) is 14.9. The van der Waals surface area contributed by atoms with Crippen LogP contribution < -0.4 is 4.73 Å². The summed E-state index contributed by atoms with van der Waals surface area (Å²) in [7, 11) is 0. The molecule has 0 fully saturated rings. The van der Waals surface area contributed by atoms with Gasteiger partial charge < -0.3 is 9.94 Å². The fourth-order valence-electron chi connectivity index (χ4n) is 2.20. The van der Waals surface area contributed by atoms with Crippen molar-refractivity contribution in [3.63, 3.8) is 0 Å². The normalized spacial score (nSPS) is 11.1. The summed E-state index contributed by atoms with van der Waals surface area (Å²) in [5.41, 5.74) is 0.282. The van der Waals surface area contributed by atoms with E-state index in [0.29, 0.717) is 4.73 Å². The van der Waals surface area contributed by atoms with E-state index >= 15 is 0 Å². The van der Waals surface area contributed by atoms with Crippen LogP contribution in [0.3, 0.4) is 0 Å². The van der Waals surface area contributed by atoms with Crippen molar-refractivity contribution in [1.82, 2.24) is 4.98 Å². The Morgan fingerprint density at radius 3 is 2.50 bits per heavy atom. The number of benzene rings is 1. The lowest BCUT2D eigenvalue weighted by molar-refractivity contribution is -0.580. The smallest absolute Gasteiger partial charge is 0.306 e. The number of carbonyl (C=O) groups is 2. The molecule has 0 spiro atoms. The summed E-state index contributed by atoms with van der Waals surface area (Å²) < 4.78 is 5.57. The highest BCUT2D eigenvalue weighted by Gasteiger charge is 2.25. The number of nitrogens with zero attached hydrogens (tertiary/aromatic N) is 2. The minimum atomic E-state index is -0.486. The Labute approximate surface area is 148 Å². The molecule has 2 rings (SSSR count). The van der Waals surface area contributed by atoms with Crippen LogP contribution in [0.5, 0.6) is 0 Å². The summed E-state index contributed by atoms with van der Waals surface area (Å²) in [6, 6.07) is 2.77. The van der Waals surface area contributed by atoms with Crippen LogP contribution in [0.2, 0.25) is 10.0 Å². The molecule has 6 nitrogen and oxygen atoms in total. The second kappa shape index (κ2) is 7.32. The molecular formula is C16H16Cl2N2O4. The predicted molar refractivity (Wildman–Crippen MR) is 90.0 cm³/mol. The molecule has 1 heterocycles. The molecule has 0 saturated carbocycles. The van der Waals surface area contributed by atoms with Gasteiger partial charge in [0.25, 0.3) is 5.69 Å². The fraction of sp³-hybridized carbons (Fsp3) is 0.375. The molecule has 1 aromatic carbocycles. The van der Waals surface area contributed by atoms with Gasteiger partial charge in [-0.2, -0.15) is 4.73 Å². The highest BCUT2D eigenvalue weighted by atomic mass is 35.5. The first-order valence-corrected chi connectivity index (χ1v) is 8.04. The first-order chi connectivity index (χ1) is 11.2. The van der Waals surface area contributed by atoms with Gasteiger partial charge in [0, 0.05) is 19.4 Å². The van der Waals surface area contributed by atoms with Crippen LogP contribution in [0.4, 0.5) is 0 Å². The third kappa shape index (κ3) is 3.94. The number of esters is 1. The Morgan fingerprint density at radius 2 is 1.92 bits per heavy atom. The van der Waals surface area contributed by atoms with E-state index in [-0.39, 0.29) is 51.4 Å². The molecule has 0 atom stereocenters. The molecule has 0 unspecified atom stereocenters. The number of ketones is 1. The molecule has 0 aliphatic heterocycles. The maximum absolute atomic E-state index is 12.5. The van der Waals surface area contributed by atoms with E-state index in [1.807, 2.05) is 13.8 Å². The van der Waals surface area contributed by atoms with Gasteiger partial charge >= 0.3 is 5.97 Å². The number of aromatic nitrogens is 2. The third-order valence-electron chi connectivity index (χ3n) is 3.25. The van der Waals surface area contributed by atoms with Crippen molar-refractivity contribution >= 4 is 46.0 Å². The average Bonchev–Trinajstić information content (AvgIpc) is 2.46. The highest BCUT2D eigenvalue weighted by Crippen LogP contribution is 2.26. The molecule has 0 N–H and O–H groups in total. The van der Waals surface area contributed by atoms with Crippen molar-refractivity contribution in [3.05, 3.63) is 38.8 Å². The number of ether oxygens (including phenoxy) is 1. The van der Waals surface area contributed by atoms with Gasteiger partial charge in [0.15, 0.2) is 5.69 Å². The molecule has 2 aromatic rings. The summed E-state index contributed by atoms with van der Waals surface area (Å²) in [6.45, 7) is 4.74. The largest absolute Gasteiger partial charge is 0.618 e. The number of fused-ring (bicyclic) bond motifs is 1. The molecule has 128 valence electrons. The molecule has 0 radical (unpaired) electrons. The van der Waals surface area contributed by atoms with Gasteiger partial charge in [0.1, 0.15) is 12.1 Å². The van der Waals surface area contributed by atoms with Crippen LogP contribution in [0.15, 0.2) is 12.1 Å². The van der Waals surface area contributed by atoms with Crippen molar-refractivity contribution in [2.75, 3.05) is 0 Å². The van der Waals surface area contributed by atoms with Crippen LogP contribution in [0, 0.1) is 11.1 Å². The van der Waals surface area contributed by atoms with Crippen LogP contribution in [-0.2, 0) is 16.1 Å². The SMILES string of the molecule is CC(=O)c1c(COC(=O)CC(C)C)nc2cc(Cl)c(Cl)cc2[n+]1[O-]. The van der Waals surface area contributed by atoms with Gasteiger partial charge in [-0.1, -0.05) is 37.0 Å². The number of halogens is 2. The number of Topliss-reactive ketones (excluding diaryl/α,β-unsaturated/α-hetero) is 1. The van der Waals surface area contributed by atoms with Gasteiger partial charge in [-0.3, -0.25) is 9.59 Å². The van der Waals surface area contributed by atoms with Crippen LogP contribution in [-0.4, -0.2) is 16.7 Å². The molecule has 0 saturated heterocycles. The summed E-state index contributed by atoms with van der Waals surface area (Å²) in [5, 5.41) is 12.9. The summed E-state index contributed by atoms with van der Waals surface area (Å²) in [6.07, 6.45) is 0.238. The van der Waals surface area contributed by atoms with E-state index < -0.39 is 11.8 Å². The highest BCUT2D eigenvalue weighted by molar-refractivity contribution is 6.42. The van der Waals surface area contributed by atoms with Gasteiger partial charge in [-0.15, -0.1) is 0 Å². The Hall–Kier alpha value is -1.92. The topological polar surface area (TPSA) is 83.2 Å². The Bertz CT molecular complexity index is 822. The first-order valence-electron chi connectivity index (χ1n) is 7.28. The van der Waals surface area contributed by atoms with E-state index in [4.69, 9.17) is 27.9 Å². The standard InChI is InChI=1S/C16H16Cl2N2O4/c1-8(2)4-15(22)24-7-13-16(9(3)21)20(23)14-6-11(18)10(17)5-12(14)19-13/h5-6,8H,4,7H2,1-3H3. The zero-order valence-electron chi connectivity index (χ0n) is 13.4. The van der Waals surface area contributed by atoms with Gasteiger partial charge in [-0.25, -0.2) is 4.98 Å². The molecule has 8 heteroatoms. The van der Waals surface area contributed by atoms with Crippen molar-refractivity contribution in [2.24, 2.45) is 5.92 Å². The van der Waals surface area contributed by atoms with Crippen LogP contribution >= 0.6 is 23.2 Å². The number of rotatable bonds is 5. The van der Waals surface area contributed by atoms with Crippen molar-refractivity contribution in [1.29, 1.82) is 0 Å². The Kier molecular flexibility index (Phi) is 5.62. The van der Waals surface area contributed by atoms with E-state index in [0.717, 1.165) is 0 Å². The Morgan fingerprint density at radius 1 is 1.29 bits per heavy atom. The minimum Gasteiger partial charge on any atom is -0.618 e. The lowest BCUT2D eigenvalue weighted by atomic mass is 10.1. The molecular weight excluding hydrogens is 355 g/mol. The number of hydrogen-bond donors (Lipinski definition) is 0. The Balaban J connectivity index is 2.48. The van der Waals surface area contributed by atoms with Crippen LogP contribution in [0.1, 0.15) is 43.4 Å². The zero-order chi connectivity index (χ0) is 18.0.